The number of aliphatic carboxylic acids is 1. The Morgan fingerprint density at radius 3 is 2.67 bits per heavy atom. The van der Waals surface area contributed by atoms with Gasteiger partial charge in [-0.1, -0.05) is 20.3 Å². The number of amides is 1. The minimum absolute atomic E-state index is 0.0711. The standard InChI is InChI=1S/C18H27NO4S/c1-3-5-15-12(4-2)10-16(24-15)17(20)19-11-14(18(21)22)13-6-8-23-9-7-13/h10,13-14H,3-9,11H2,1-2H3,(H,19,20)(H,21,22). The SMILES string of the molecule is CCCc1sc(C(=O)NCC(C(=O)O)C2CCOCC2)cc1CC. The molecule has 5 nitrogen and oxygen atoms in total. The van der Waals surface area contributed by atoms with Gasteiger partial charge in [0.05, 0.1) is 10.8 Å². The van der Waals surface area contributed by atoms with E-state index in [9.17, 15) is 14.7 Å². The first-order valence-electron chi connectivity index (χ1n) is 8.77. The van der Waals surface area contributed by atoms with Gasteiger partial charge >= 0.3 is 5.97 Å². The number of hydrogen-bond donors (Lipinski definition) is 2. The zero-order valence-corrected chi connectivity index (χ0v) is 15.3. The van der Waals surface area contributed by atoms with Crippen molar-refractivity contribution in [3.05, 3.63) is 21.4 Å². The van der Waals surface area contributed by atoms with E-state index in [-0.39, 0.29) is 18.4 Å². The second-order valence-corrected chi connectivity index (χ2v) is 7.40. The summed E-state index contributed by atoms with van der Waals surface area (Å²) in [6.45, 7) is 5.61. The Morgan fingerprint density at radius 2 is 2.08 bits per heavy atom. The van der Waals surface area contributed by atoms with Crippen molar-refractivity contribution in [2.24, 2.45) is 11.8 Å². The van der Waals surface area contributed by atoms with Gasteiger partial charge in [-0.15, -0.1) is 11.3 Å². The van der Waals surface area contributed by atoms with Gasteiger partial charge in [0.15, 0.2) is 0 Å². The maximum absolute atomic E-state index is 12.4. The molecule has 0 saturated carbocycles. The smallest absolute Gasteiger partial charge is 0.308 e. The summed E-state index contributed by atoms with van der Waals surface area (Å²) in [7, 11) is 0. The van der Waals surface area contributed by atoms with Crippen molar-refractivity contribution in [2.45, 2.75) is 46.0 Å². The van der Waals surface area contributed by atoms with Crippen LogP contribution in [-0.4, -0.2) is 36.7 Å². The second-order valence-electron chi connectivity index (χ2n) is 6.27. The molecule has 1 saturated heterocycles. The Morgan fingerprint density at radius 1 is 1.38 bits per heavy atom. The maximum atomic E-state index is 12.4. The van der Waals surface area contributed by atoms with Crippen LogP contribution in [0.2, 0.25) is 0 Å². The van der Waals surface area contributed by atoms with Crippen LogP contribution in [0.15, 0.2) is 6.07 Å². The number of carbonyl (C=O) groups excluding carboxylic acids is 1. The molecule has 1 aromatic heterocycles. The van der Waals surface area contributed by atoms with E-state index in [4.69, 9.17) is 4.74 Å². The molecule has 1 aliphatic rings. The van der Waals surface area contributed by atoms with Gasteiger partial charge in [0.2, 0.25) is 0 Å². The van der Waals surface area contributed by atoms with E-state index in [1.54, 1.807) is 0 Å². The first-order valence-corrected chi connectivity index (χ1v) is 9.58. The summed E-state index contributed by atoms with van der Waals surface area (Å²) >= 11 is 1.53. The molecule has 1 aromatic rings. The Hall–Kier alpha value is -1.40. The molecule has 0 bridgehead atoms. The number of ether oxygens (including phenoxy) is 1. The summed E-state index contributed by atoms with van der Waals surface area (Å²) in [5, 5.41) is 12.3. The normalized spacial score (nSPS) is 16.8. The van der Waals surface area contributed by atoms with Gasteiger partial charge < -0.3 is 15.2 Å². The molecular weight excluding hydrogens is 326 g/mol. The van der Waals surface area contributed by atoms with Crippen LogP contribution in [-0.2, 0) is 22.4 Å². The number of carbonyl (C=O) groups is 2. The fraction of sp³-hybridized carbons (Fsp3) is 0.667. The molecule has 1 unspecified atom stereocenters. The minimum atomic E-state index is -0.839. The van der Waals surface area contributed by atoms with E-state index in [1.807, 2.05) is 6.07 Å². The number of carboxylic acids is 1. The summed E-state index contributed by atoms with van der Waals surface area (Å²) < 4.78 is 5.30. The number of rotatable bonds is 8. The van der Waals surface area contributed by atoms with Gasteiger partial charge in [-0.2, -0.15) is 0 Å². The Labute approximate surface area is 147 Å². The lowest BCUT2D eigenvalue weighted by Gasteiger charge is -2.27. The number of carboxylic acid groups (broad SMARTS) is 1. The van der Waals surface area contributed by atoms with Crippen LogP contribution in [0.3, 0.4) is 0 Å². The quantitative estimate of drug-likeness (QED) is 0.753. The minimum Gasteiger partial charge on any atom is -0.481 e. The van der Waals surface area contributed by atoms with Gasteiger partial charge in [0.1, 0.15) is 0 Å². The lowest BCUT2D eigenvalue weighted by molar-refractivity contribution is -0.144. The maximum Gasteiger partial charge on any atom is 0.308 e. The number of nitrogens with one attached hydrogen (secondary N) is 1. The molecule has 0 aliphatic carbocycles. The second kappa shape index (κ2) is 9.18. The summed E-state index contributed by atoms with van der Waals surface area (Å²) in [6, 6.07) is 1.95. The molecular formula is C18H27NO4S. The highest BCUT2D eigenvalue weighted by atomic mass is 32.1. The summed E-state index contributed by atoms with van der Waals surface area (Å²) in [6.07, 6.45) is 4.44. The highest BCUT2D eigenvalue weighted by Crippen LogP contribution is 2.26. The van der Waals surface area contributed by atoms with Crippen LogP contribution in [0.1, 0.15) is 53.2 Å². The molecule has 1 aliphatic heterocycles. The van der Waals surface area contributed by atoms with Crippen molar-refractivity contribution in [2.75, 3.05) is 19.8 Å². The third-order valence-corrected chi connectivity index (χ3v) is 5.85. The first kappa shape index (κ1) is 18.9. The average Bonchev–Trinajstić information content (AvgIpc) is 2.99. The van der Waals surface area contributed by atoms with Gasteiger partial charge in [-0.3, -0.25) is 9.59 Å². The molecule has 1 amide bonds. The van der Waals surface area contributed by atoms with Gasteiger partial charge in [-0.25, -0.2) is 0 Å². The Bertz CT molecular complexity index is 563. The number of hydrogen-bond acceptors (Lipinski definition) is 4. The summed E-state index contributed by atoms with van der Waals surface area (Å²) in [5.74, 6) is -1.47. The van der Waals surface area contributed by atoms with Crippen molar-refractivity contribution in [1.29, 1.82) is 0 Å². The highest BCUT2D eigenvalue weighted by Gasteiger charge is 2.30. The molecule has 0 spiro atoms. The van der Waals surface area contributed by atoms with Crippen LogP contribution < -0.4 is 5.32 Å². The molecule has 2 N–H and O–H groups in total. The largest absolute Gasteiger partial charge is 0.481 e. The summed E-state index contributed by atoms with van der Waals surface area (Å²) in [5.41, 5.74) is 1.23. The lowest BCUT2D eigenvalue weighted by atomic mass is 9.86. The number of thiophene rings is 1. The van der Waals surface area contributed by atoms with Crippen molar-refractivity contribution in [3.63, 3.8) is 0 Å². The van der Waals surface area contributed by atoms with E-state index < -0.39 is 11.9 Å². The van der Waals surface area contributed by atoms with Crippen molar-refractivity contribution in [1.82, 2.24) is 5.32 Å². The van der Waals surface area contributed by atoms with Crippen molar-refractivity contribution in [3.8, 4) is 0 Å². The fourth-order valence-corrected chi connectivity index (χ4v) is 4.45. The van der Waals surface area contributed by atoms with Crippen LogP contribution in [0.5, 0.6) is 0 Å². The predicted molar refractivity (Wildman–Crippen MR) is 94.7 cm³/mol. The molecule has 1 atom stereocenters. The van der Waals surface area contributed by atoms with Crippen molar-refractivity contribution < 1.29 is 19.4 Å². The van der Waals surface area contributed by atoms with Gasteiger partial charge in [-0.05, 0) is 43.2 Å². The molecule has 24 heavy (non-hydrogen) atoms. The molecule has 1 fully saturated rings. The fourth-order valence-electron chi connectivity index (χ4n) is 3.18. The van der Waals surface area contributed by atoms with Gasteiger partial charge in [0.25, 0.3) is 5.91 Å². The molecule has 0 aromatic carbocycles. The Kier molecular flexibility index (Phi) is 7.24. The van der Waals surface area contributed by atoms with E-state index in [0.29, 0.717) is 18.1 Å². The molecule has 6 heteroatoms. The Balaban J connectivity index is 1.98. The van der Waals surface area contributed by atoms with Crippen LogP contribution in [0.25, 0.3) is 0 Å². The lowest BCUT2D eigenvalue weighted by Crippen LogP contribution is -2.38. The van der Waals surface area contributed by atoms with Crippen LogP contribution in [0, 0.1) is 11.8 Å². The van der Waals surface area contributed by atoms with Crippen LogP contribution in [0.4, 0.5) is 0 Å². The summed E-state index contributed by atoms with van der Waals surface area (Å²) in [4.78, 5) is 25.9. The molecule has 2 rings (SSSR count). The van der Waals surface area contributed by atoms with Crippen molar-refractivity contribution >= 4 is 23.2 Å². The first-order chi connectivity index (χ1) is 11.6. The zero-order chi connectivity index (χ0) is 17.5. The van der Waals surface area contributed by atoms with Crippen LogP contribution >= 0.6 is 11.3 Å². The highest BCUT2D eigenvalue weighted by molar-refractivity contribution is 7.14. The molecule has 134 valence electrons. The molecule has 0 radical (unpaired) electrons. The van der Waals surface area contributed by atoms with E-state index in [1.165, 1.54) is 21.8 Å². The zero-order valence-electron chi connectivity index (χ0n) is 14.5. The molecule has 2 heterocycles. The third kappa shape index (κ3) is 4.80. The average molecular weight is 353 g/mol. The van der Waals surface area contributed by atoms with E-state index in [0.717, 1.165) is 32.1 Å². The monoisotopic (exact) mass is 353 g/mol. The van der Waals surface area contributed by atoms with E-state index >= 15 is 0 Å². The predicted octanol–water partition coefficient (Wildman–Crippen LogP) is 3.12. The topological polar surface area (TPSA) is 75.6 Å². The third-order valence-electron chi connectivity index (χ3n) is 4.61. The van der Waals surface area contributed by atoms with Gasteiger partial charge in [0, 0.05) is 24.6 Å². The number of aryl methyl sites for hydroxylation is 2. The van der Waals surface area contributed by atoms with E-state index in [2.05, 4.69) is 19.2 Å².